The van der Waals surface area contributed by atoms with Crippen LogP contribution in [0, 0.1) is 12.8 Å². The van der Waals surface area contributed by atoms with Crippen molar-refractivity contribution in [2.75, 3.05) is 26.0 Å². The number of nitrogens with one attached hydrogen (secondary N) is 1. The zero-order valence-electron chi connectivity index (χ0n) is 21.7. The number of amides is 1. The molecule has 3 rings (SSSR count). The van der Waals surface area contributed by atoms with E-state index in [-0.39, 0.29) is 30.2 Å². The van der Waals surface area contributed by atoms with Gasteiger partial charge in [0.25, 0.3) is 0 Å². The standard InChI is InChI=1S/C28H40N2O4S/c1-20(2)25-18-26(21(3)17-27(25)34-5)22(4)29-28(31)24-14-9-15-30(19-24)35(32,33)16-10-13-23-11-7-6-8-12-23/h6-8,11-12,17-18,20,22,24H,9-10,13-16,19H2,1-5H3,(H,29,31)/t22-,24+/m0/s1. The number of sulfonamides is 1. The summed E-state index contributed by atoms with van der Waals surface area (Å²) in [5.41, 5.74) is 4.37. The summed E-state index contributed by atoms with van der Waals surface area (Å²) in [6.07, 6.45) is 2.71. The van der Waals surface area contributed by atoms with E-state index in [9.17, 15) is 13.2 Å². The molecule has 0 spiro atoms. The third kappa shape index (κ3) is 7.07. The minimum Gasteiger partial charge on any atom is -0.496 e. The summed E-state index contributed by atoms with van der Waals surface area (Å²) in [6.45, 7) is 8.99. The van der Waals surface area contributed by atoms with E-state index in [1.54, 1.807) is 7.11 Å². The van der Waals surface area contributed by atoms with Crippen LogP contribution >= 0.6 is 0 Å². The van der Waals surface area contributed by atoms with Crippen molar-refractivity contribution in [3.05, 3.63) is 64.7 Å². The van der Waals surface area contributed by atoms with Crippen molar-refractivity contribution >= 4 is 15.9 Å². The third-order valence-corrected chi connectivity index (χ3v) is 8.85. The molecule has 192 valence electrons. The van der Waals surface area contributed by atoms with Gasteiger partial charge in [0.05, 0.1) is 24.8 Å². The second kappa shape index (κ2) is 12.0. The lowest BCUT2D eigenvalue weighted by atomic mass is 9.92. The number of nitrogens with zero attached hydrogens (tertiary/aromatic N) is 1. The zero-order valence-corrected chi connectivity index (χ0v) is 22.5. The van der Waals surface area contributed by atoms with Crippen LogP contribution in [0.5, 0.6) is 5.75 Å². The maximum absolute atomic E-state index is 13.1. The van der Waals surface area contributed by atoms with E-state index in [1.807, 2.05) is 50.2 Å². The van der Waals surface area contributed by atoms with Crippen LogP contribution in [0.3, 0.4) is 0 Å². The van der Waals surface area contributed by atoms with E-state index < -0.39 is 10.0 Å². The Morgan fingerprint density at radius 1 is 1.14 bits per heavy atom. The molecule has 2 aromatic rings. The van der Waals surface area contributed by atoms with Crippen molar-refractivity contribution in [3.63, 3.8) is 0 Å². The second-order valence-corrected chi connectivity index (χ2v) is 12.0. The van der Waals surface area contributed by atoms with Crippen molar-refractivity contribution in [3.8, 4) is 5.75 Å². The molecule has 1 aliphatic heterocycles. The molecule has 1 amide bonds. The molecule has 0 bridgehead atoms. The molecule has 2 aromatic carbocycles. The largest absolute Gasteiger partial charge is 0.496 e. The van der Waals surface area contributed by atoms with Crippen LogP contribution in [0.15, 0.2) is 42.5 Å². The van der Waals surface area contributed by atoms with Gasteiger partial charge in [0, 0.05) is 13.1 Å². The molecule has 1 heterocycles. The normalized spacial score (nSPS) is 17.8. The van der Waals surface area contributed by atoms with Gasteiger partial charge in [-0.1, -0.05) is 44.2 Å². The molecule has 0 unspecified atom stereocenters. The van der Waals surface area contributed by atoms with Gasteiger partial charge >= 0.3 is 0 Å². The highest BCUT2D eigenvalue weighted by atomic mass is 32.2. The molecule has 6 nitrogen and oxygen atoms in total. The molecule has 1 saturated heterocycles. The van der Waals surface area contributed by atoms with Gasteiger partial charge in [0.1, 0.15) is 5.75 Å². The predicted molar refractivity (Wildman–Crippen MR) is 141 cm³/mol. The molecule has 1 aliphatic rings. The molecule has 0 aliphatic carbocycles. The number of carbonyl (C=O) groups is 1. The molecule has 0 radical (unpaired) electrons. The Bertz CT molecular complexity index is 1100. The Balaban J connectivity index is 1.61. The van der Waals surface area contributed by atoms with Gasteiger partial charge < -0.3 is 10.1 Å². The van der Waals surface area contributed by atoms with Crippen LogP contribution in [-0.2, 0) is 21.2 Å². The molecule has 2 atom stereocenters. The molecular weight excluding hydrogens is 460 g/mol. The van der Waals surface area contributed by atoms with E-state index in [0.717, 1.165) is 34.4 Å². The fourth-order valence-electron chi connectivity index (χ4n) is 4.86. The number of carbonyl (C=O) groups excluding carboxylic acids is 1. The number of benzene rings is 2. The van der Waals surface area contributed by atoms with Crippen molar-refractivity contribution in [1.82, 2.24) is 9.62 Å². The summed E-state index contributed by atoms with van der Waals surface area (Å²) in [7, 11) is -1.71. The Hall–Kier alpha value is -2.38. The van der Waals surface area contributed by atoms with E-state index in [2.05, 4.69) is 25.2 Å². The van der Waals surface area contributed by atoms with Crippen LogP contribution in [0.1, 0.15) is 74.2 Å². The smallest absolute Gasteiger partial charge is 0.224 e. The van der Waals surface area contributed by atoms with Crippen LogP contribution < -0.4 is 10.1 Å². The fourth-order valence-corrected chi connectivity index (χ4v) is 6.44. The van der Waals surface area contributed by atoms with Gasteiger partial charge in [0.15, 0.2) is 0 Å². The van der Waals surface area contributed by atoms with Gasteiger partial charge in [-0.2, -0.15) is 0 Å². The van der Waals surface area contributed by atoms with Crippen LogP contribution in [-0.4, -0.2) is 44.6 Å². The highest BCUT2D eigenvalue weighted by Crippen LogP contribution is 2.32. The quantitative estimate of drug-likeness (QED) is 0.499. The monoisotopic (exact) mass is 500 g/mol. The van der Waals surface area contributed by atoms with E-state index in [1.165, 1.54) is 4.31 Å². The summed E-state index contributed by atoms with van der Waals surface area (Å²) in [6, 6.07) is 13.9. The number of methoxy groups -OCH3 is 1. The third-order valence-electron chi connectivity index (χ3n) is 6.92. The number of aryl methyl sites for hydroxylation is 2. The lowest BCUT2D eigenvalue weighted by Crippen LogP contribution is -2.46. The average molecular weight is 501 g/mol. The highest BCUT2D eigenvalue weighted by Gasteiger charge is 2.32. The Labute approximate surface area is 211 Å². The zero-order chi connectivity index (χ0) is 25.6. The van der Waals surface area contributed by atoms with E-state index >= 15 is 0 Å². The predicted octanol–water partition coefficient (Wildman–Crippen LogP) is 4.98. The summed E-state index contributed by atoms with van der Waals surface area (Å²) in [5, 5.41) is 3.15. The molecule has 35 heavy (non-hydrogen) atoms. The minimum atomic E-state index is -3.39. The van der Waals surface area contributed by atoms with Crippen molar-refractivity contribution in [1.29, 1.82) is 0 Å². The average Bonchev–Trinajstić information content (AvgIpc) is 2.84. The van der Waals surface area contributed by atoms with Gasteiger partial charge in [-0.25, -0.2) is 12.7 Å². The van der Waals surface area contributed by atoms with E-state index in [0.29, 0.717) is 31.7 Å². The molecule has 1 fully saturated rings. The van der Waals surface area contributed by atoms with Gasteiger partial charge in [-0.3, -0.25) is 4.79 Å². The topological polar surface area (TPSA) is 75.7 Å². The lowest BCUT2D eigenvalue weighted by Gasteiger charge is -2.32. The Morgan fingerprint density at radius 3 is 2.51 bits per heavy atom. The number of hydrogen-bond acceptors (Lipinski definition) is 4. The summed E-state index contributed by atoms with van der Waals surface area (Å²) in [4.78, 5) is 13.1. The maximum Gasteiger partial charge on any atom is 0.224 e. The van der Waals surface area contributed by atoms with Gasteiger partial charge in [-0.15, -0.1) is 0 Å². The summed E-state index contributed by atoms with van der Waals surface area (Å²) >= 11 is 0. The molecule has 0 saturated carbocycles. The molecule has 7 heteroatoms. The first-order valence-electron chi connectivity index (χ1n) is 12.6. The van der Waals surface area contributed by atoms with Crippen molar-refractivity contribution in [2.45, 2.75) is 65.3 Å². The first-order valence-corrected chi connectivity index (χ1v) is 14.2. The SMILES string of the molecule is COc1cc(C)c([C@H](C)NC(=O)[C@@H]2CCCN(S(=O)(=O)CCCc3ccccc3)C2)cc1C(C)C. The fraction of sp³-hybridized carbons (Fsp3) is 0.536. The van der Waals surface area contributed by atoms with Crippen LogP contribution in [0.25, 0.3) is 0 Å². The van der Waals surface area contributed by atoms with Gasteiger partial charge in [0.2, 0.25) is 15.9 Å². The lowest BCUT2D eigenvalue weighted by molar-refractivity contribution is -0.126. The second-order valence-electron chi connectivity index (χ2n) is 9.94. The number of rotatable bonds is 10. The first kappa shape index (κ1) is 27.2. The summed E-state index contributed by atoms with van der Waals surface area (Å²) < 4.78 is 33.0. The summed E-state index contributed by atoms with van der Waals surface area (Å²) in [5.74, 6) is 0.850. The minimum absolute atomic E-state index is 0.0806. The van der Waals surface area contributed by atoms with Crippen LogP contribution in [0.2, 0.25) is 0 Å². The Kier molecular flexibility index (Phi) is 9.36. The highest BCUT2D eigenvalue weighted by molar-refractivity contribution is 7.89. The van der Waals surface area contributed by atoms with Gasteiger partial charge in [-0.05, 0) is 79.8 Å². The van der Waals surface area contributed by atoms with E-state index in [4.69, 9.17) is 4.74 Å². The van der Waals surface area contributed by atoms with Crippen molar-refractivity contribution < 1.29 is 17.9 Å². The number of hydrogen-bond donors (Lipinski definition) is 1. The molecule has 1 N–H and O–H groups in total. The maximum atomic E-state index is 13.1. The molecule has 0 aromatic heterocycles. The first-order chi connectivity index (χ1) is 16.6. The van der Waals surface area contributed by atoms with Crippen LogP contribution in [0.4, 0.5) is 0 Å². The number of piperidine rings is 1. The Morgan fingerprint density at radius 2 is 1.86 bits per heavy atom. The van der Waals surface area contributed by atoms with Crippen molar-refractivity contribution in [2.24, 2.45) is 5.92 Å². The molecular formula is C28H40N2O4S. The number of ether oxygens (including phenoxy) is 1.